The number of carbonyl (C=O) groups is 1. The zero-order valence-corrected chi connectivity index (χ0v) is 12.0. The number of anilines is 1. The molecule has 20 heavy (non-hydrogen) atoms. The molecule has 104 valence electrons. The van der Waals surface area contributed by atoms with Gasteiger partial charge in [0.15, 0.2) is 5.82 Å². The number of aromatic nitrogens is 3. The Morgan fingerprint density at radius 3 is 3.00 bits per heavy atom. The lowest BCUT2D eigenvalue weighted by molar-refractivity contribution is 0.0706. The lowest BCUT2D eigenvalue weighted by Crippen LogP contribution is -2.38. The Hall–Kier alpha value is -1.96. The summed E-state index contributed by atoms with van der Waals surface area (Å²) in [6.07, 6.45) is 1.64. The van der Waals surface area contributed by atoms with Gasteiger partial charge in [0.2, 0.25) is 0 Å². The maximum absolute atomic E-state index is 13.3. The topological polar surface area (TPSA) is 77.0 Å². The SMILES string of the molecule is Nc1cc(C(=O)N2CCn3cnnc3C2)c(Br)cc1F. The fourth-order valence-corrected chi connectivity index (χ4v) is 2.62. The molecule has 0 radical (unpaired) electrons. The second kappa shape index (κ2) is 4.86. The van der Waals surface area contributed by atoms with Crippen molar-refractivity contribution >= 4 is 27.5 Å². The van der Waals surface area contributed by atoms with Crippen LogP contribution in [0, 0.1) is 5.82 Å². The van der Waals surface area contributed by atoms with Gasteiger partial charge in [0.1, 0.15) is 12.1 Å². The zero-order chi connectivity index (χ0) is 14.3. The minimum absolute atomic E-state index is 0.0447. The van der Waals surface area contributed by atoms with E-state index in [-0.39, 0.29) is 11.6 Å². The van der Waals surface area contributed by atoms with Gasteiger partial charge in [-0.25, -0.2) is 4.39 Å². The van der Waals surface area contributed by atoms with E-state index in [1.165, 1.54) is 12.1 Å². The van der Waals surface area contributed by atoms with Crippen LogP contribution < -0.4 is 5.73 Å². The van der Waals surface area contributed by atoms with Gasteiger partial charge in [-0.05, 0) is 28.1 Å². The first-order valence-electron chi connectivity index (χ1n) is 5.96. The van der Waals surface area contributed by atoms with Crippen molar-refractivity contribution in [1.29, 1.82) is 0 Å². The number of carbonyl (C=O) groups excluding carboxylic acids is 1. The molecule has 1 aromatic carbocycles. The zero-order valence-electron chi connectivity index (χ0n) is 10.4. The van der Waals surface area contributed by atoms with E-state index in [2.05, 4.69) is 26.1 Å². The van der Waals surface area contributed by atoms with E-state index in [1.807, 2.05) is 4.57 Å². The van der Waals surface area contributed by atoms with E-state index in [1.54, 1.807) is 11.2 Å². The minimum Gasteiger partial charge on any atom is -0.396 e. The average Bonchev–Trinajstić information content (AvgIpc) is 2.89. The molecule has 0 atom stereocenters. The maximum Gasteiger partial charge on any atom is 0.255 e. The molecule has 1 aliphatic rings. The van der Waals surface area contributed by atoms with Gasteiger partial charge in [-0.1, -0.05) is 0 Å². The first-order valence-corrected chi connectivity index (χ1v) is 6.76. The Kier molecular flexibility index (Phi) is 3.17. The van der Waals surface area contributed by atoms with Gasteiger partial charge in [-0.2, -0.15) is 0 Å². The highest BCUT2D eigenvalue weighted by molar-refractivity contribution is 9.10. The molecular formula is C12H11BrFN5O. The van der Waals surface area contributed by atoms with Crippen molar-refractivity contribution in [1.82, 2.24) is 19.7 Å². The fourth-order valence-electron chi connectivity index (χ4n) is 2.14. The predicted molar refractivity (Wildman–Crippen MR) is 73.3 cm³/mol. The van der Waals surface area contributed by atoms with Gasteiger partial charge in [-0.15, -0.1) is 10.2 Å². The monoisotopic (exact) mass is 339 g/mol. The largest absolute Gasteiger partial charge is 0.396 e. The molecular weight excluding hydrogens is 329 g/mol. The van der Waals surface area contributed by atoms with E-state index in [0.29, 0.717) is 29.7 Å². The molecule has 0 bridgehead atoms. The summed E-state index contributed by atoms with van der Waals surface area (Å²) in [5, 5.41) is 7.77. The van der Waals surface area contributed by atoms with Crippen LogP contribution in [-0.4, -0.2) is 32.1 Å². The molecule has 2 aromatic rings. The average molecular weight is 340 g/mol. The van der Waals surface area contributed by atoms with Gasteiger partial charge in [-0.3, -0.25) is 4.79 Å². The normalized spacial score (nSPS) is 14.2. The first-order chi connectivity index (χ1) is 9.56. The third-order valence-electron chi connectivity index (χ3n) is 3.24. The summed E-state index contributed by atoms with van der Waals surface area (Å²) in [6.45, 7) is 1.57. The van der Waals surface area contributed by atoms with Crippen molar-refractivity contribution < 1.29 is 9.18 Å². The summed E-state index contributed by atoms with van der Waals surface area (Å²) in [7, 11) is 0. The standard InChI is InChI=1S/C12H11BrFN5O/c13-8-4-9(14)10(15)3-7(8)12(20)18-1-2-19-6-16-17-11(19)5-18/h3-4,6H,1-2,5,15H2. The Bertz CT molecular complexity index is 686. The fraction of sp³-hybridized carbons (Fsp3) is 0.250. The highest BCUT2D eigenvalue weighted by atomic mass is 79.9. The second-order valence-electron chi connectivity index (χ2n) is 4.52. The number of fused-ring (bicyclic) bond motifs is 1. The number of hydrogen-bond donors (Lipinski definition) is 1. The van der Waals surface area contributed by atoms with E-state index < -0.39 is 5.82 Å². The molecule has 2 heterocycles. The quantitative estimate of drug-likeness (QED) is 0.797. The maximum atomic E-state index is 13.3. The summed E-state index contributed by atoms with van der Waals surface area (Å²) in [5.41, 5.74) is 5.82. The Labute approximate surface area is 122 Å². The number of benzene rings is 1. The van der Waals surface area contributed by atoms with Crippen LogP contribution in [0.4, 0.5) is 10.1 Å². The Morgan fingerprint density at radius 1 is 1.40 bits per heavy atom. The first kappa shape index (κ1) is 13.0. The molecule has 1 aromatic heterocycles. The molecule has 3 rings (SSSR count). The summed E-state index contributed by atoms with van der Waals surface area (Å²) in [5.74, 6) is -0.0274. The molecule has 0 aliphatic carbocycles. The van der Waals surface area contributed by atoms with Gasteiger partial charge in [0.25, 0.3) is 5.91 Å². The molecule has 6 nitrogen and oxygen atoms in total. The number of halogens is 2. The molecule has 2 N–H and O–H groups in total. The van der Waals surface area contributed by atoms with E-state index in [4.69, 9.17) is 5.73 Å². The van der Waals surface area contributed by atoms with Crippen molar-refractivity contribution in [2.75, 3.05) is 12.3 Å². The minimum atomic E-state index is -0.549. The van der Waals surface area contributed by atoms with Crippen molar-refractivity contribution in [3.05, 3.63) is 40.1 Å². The van der Waals surface area contributed by atoms with Crippen LogP contribution in [0.5, 0.6) is 0 Å². The number of rotatable bonds is 1. The smallest absolute Gasteiger partial charge is 0.255 e. The van der Waals surface area contributed by atoms with Crippen LogP contribution in [0.1, 0.15) is 16.2 Å². The number of nitrogens with two attached hydrogens (primary N) is 1. The molecule has 1 amide bonds. The number of nitrogens with zero attached hydrogens (tertiary/aromatic N) is 4. The van der Waals surface area contributed by atoms with Gasteiger partial charge in [0.05, 0.1) is 17.8 Å². The number of amides is 1. The lowest BCUT2D eigenvalue weighted by atomic mass is 10.1. The molecule has 0 saturated heterocycles. The van der Waals surface area contributed by atoms with Crippen molar-refractivity contribution in [2.24, 2.45) is 0 Å². The predicted octanol–water partition coefficient (Wildman–Crippen LogP) is 1.42. The highest BCUT2D eigenvalue weighted by Crippen LogP contribution is 2.25. The van der Waals surface area contributed by atoms with Gasteiger partial charge in [0, 0.05) is 17.6 Å². The molecule has 0 saturated carbocycles. The molecule has 0 unspecified atom stereocenters. The molecule has 8 heteroatoms. The van der Waals surface area contributed by atoms with Crippen LogP contribution in [0.15, 0.2) is 22.9 Å². The van der Waals surface area contributed by atoms with Crippen molar-refractivity contribution in [3.8, 4) is 0 Å². The highest BCUT2D eigenvalue weighted by Gasteiger charge is 2.24. The van der Waals surface area contributed by atoms with E-state index in [9.17, 15) is 9.18 Å². The molecule has 0 fully saturated rings. The third kappa shape index (κ3) is 2.15. The van der Waals surface area contributed by atoms with Crippen LogP contribution >= 0.6 is 15.9 Å². The summed E-state index contributed by atoms with van der Waals surface area (Å²) < 4.78 is 15.6. The second-order valence-corrected chi connectivity index (χ2v) is 5.38. The molecule has 0 spiro atoms. The molecule has 1 aliphatic heterocycles. The summed E-state index contributed by atoms with van der Waals surface area (Å²) >= 11 is 3.20. The van der Waals surface area contributed by atoms with Crippen LogP contribution in [-0.2, 0) is 13.1 Å². The van der Waals surface area contributed by atoms with Crippen LogP contribution in [0.3, 0.4) is 0 Å². The number of nitrogen functional groups attached to an aromatic ring is 1. The van der Waals surface area contributed by atoms with E-state index >= 15 is 0 Å². The van der Waals surface area contributed by atoms with Crippen LogP contribution in [0.2, 0.25) is 0 Å². The third-order valence-corrected chi connectivity index (χ3v) is 3.90. The van der Waals surface area contributed by atoms with Crippen molar-refractivity contribution in [2.45, 2.75) is 13.1 Å². The van der Waals surface area contributed by atoms with Gasteiger partial charge >= 0.3 is 0 Å². The van der Waals surface area contributed by atoms with Crippen molar-refractivity contribution in [3.63, 3.8) is 0 Å². The summed E-state index contributed by atoms with van der Waals surface area (Å²) in [4.78, 5) is 14.1. The summed E-state index contributed by atoms with van der Waals surface area (Å²) in [6, 6.07) is 2.55. The number of hydrogen-bond acceptors (Lipinski definition) is 4. The Balaban J connectivity index is 1.89. The lowest BCUT2D eigenvalue weighted by Gasteiger charge is -2.27. The van der Waals surface area contributed by atoms with Crippen LogP contribution in [0.25, 0.3) is 0 Å². The van der Waals surface area contributed by atoms with E-state index in [0.717, 1.165) is 5.82 Å². The Morgan fingerprint density at radius 2 is 2.20 bits per heavy atom. The van der Waals surface area contributed by atoms with Gasteiger partial charge < -0.3 is 15.2 Å².